The van der Waals surface area contributed by atoms with Crippen molar-refractivity contribution in [1.29, 1.82) is 0 Å². The number of anilines is 2. The third kappa shape index (κ3) is 1.99. The van der Waals surface area contributed by atoms with Gasteiger partial charge in [-0.3, -0.25) is 0 Å². The van der Waals surface area contributed by atoms with Crippen molar-refractivity contribution < 1.29 is 4.74 Å². The Labute approximate surface area is 103 Å². The Bertz CT molecular complexity index is 396. The van der Waals surface area contributed by atoms with Crippen LogP contribution in [0.4, 0.5) is 11.6 Å². The third-order valence-electron chi connectivity index (χ3n) is 2.70. The number of hydrogen-bond acceptors (Lipinski definition) is 5. The van der Waals surface area contributed by atoms with Crippen molar-refractivity contribution in [2.24, 2.45) is 0 Å². The van der Waals surface area contributed by atoms with Crippen LogP contribution < -0.4 is 10.6 Å². The molecule has 88 valence electrons. The molecule has 0 unspecified atom stereocenters. The van der Waals surface area contributed by atoms with Crippen molar-refractivity contribution in [3.05, 3.63) is 10.8 Å². The first kappa shape index (κ1) is 11.6. The summed E-state index contributed by atoms with van der Waals surface area (Å²) in [6, 6.07) is 0. The van der Waals surface area contributed by atoms with Gasteiger partial charge in [0.25, 0.3) is 0 Å². The highest BCUT2D eigenvalue weighted by Gasteiger charge is 2.33. The van der Waals surface area contributed by atoms with E-state index in [1.165, 1.54) is 6.33 Å². The minimum atomic E-state index is -0.0818. The van der Waals surface area contributed by atoms with Crippen molar-refractivity contribution in [3.63, 3.8) is 0 Å². The molecule has 0 saturated carbocycles. The van der Waals surface area contributed by atoms with E-state index in [-0.39, 0.29) is 5.54 Å². The Balaban J connectivity index is 2.39. The van der Waals surface area contributed by atoms with Crippen LogP contribution in [-0.2, 0) is 4.74 Å². The van der Waals surface area contributed by atoms with Crippen LogP contribution in [0.1, 0.15) is 13.8 Å². The van der Waals surface area contributed by atoms with Gasteiger partial charge in [-0.1, -0.05) is 0 Å². The molecule has 2 rings (SSSR count). The van der Waals surface area contributed by atoms with Gasteiger partial charge in [-0.15, -0.1) is 0 Å². The van der Waals surface area contributed by atoms with Gasteiger partial charge in [0.05, 0.1) is 18.8 Å². The number of ether oxygens (including phenoxy) is 1. The van der Waals surface area contributed by atoms with Crippen LogP contribution in [0.5, 0.6) is 0 Å². The SMILES string of the molecule is CC1(C)COCCN1c1ncnc(N)c1Br. The van der Waals surface area contributed by atoms with E-state index in [0.29, 0.717) is 19.0 Å². The standard InChI is InChI=1S/C10H15BrN4O/c1-10(2)5-16-4-3-15(10)9-7(11)8(12)13-6-14-9/h6H,3-5H2,1-2H3,(H2,12,13,14). The molecule has 0 aliphatic carbocycles. The molecule has 0 aromatic carbocycles. The molecule has 1 aromatic heterocycles. The molecule has 1 fully saturated rings. The first-order valence-electron chi connectivity index (χ1n) is 5.14. The predicted octanol–water partition coefficient (Wildman–Crippen LogP) is 1.44. The highest BCUT2D eigenvalue weighted by molar-refractivity contribution is 9.10. The minimum absolute atomic E-state index is 0.0818. The molecule has 6 heteroatoms. The predicted molar refractivity (Wildman–Crippen MR) is 66.4 cm³/mol. The Hall–Kier alpha value is -0.880. The van der Waals surface area contributed by atoms with Gasteiger partial charge in [0.2, 0.25) is 0 Å². The minimum Gasteiger partial charge on any atom is -0.383 e. The van der Waals surface area contributed by atoms with Crippen molar-refractivity contribution in [3.8, 4) is 0 Å². The lowest BCUT2D eigenvalue weighted by Gasteiger charge is -2.43. The van der Waals surface area contributed by atoms with Crippen LogP contribution in [0.3, 0.4) is 0 Å². The van der Waals surface area contributed by atoms with Gasteiger partial charge < -0.3 is 15.4 Å². The van der Waals surface area contributed by atoms with Crippen LogP contribution in [0.2, 0.25) is 0 Å². The Morgan fingerprint density at radius 3 is 2.94 bits per heavy atom. The Kier molecular flexibility index (Phi) is 3.03. The summed E-state index contributed by atoms with van der Waals surface area (Å²) in [6.45, 7) is 6.44. The molecule has 1 aromatic rings. The molecule has 0 bridgehead atoms. The van der Waals surface area contributed by atoms with Gasteiger partial charge in [-0.05, 0) is 29.8 Å². The van der Waals surface area contributed by atoms with Gasteiger partial charge in [-0.2, -0.15) is 0 Å². The summed E-state index contributed by atoms with van der Waals surface area (Å²) in [5, 5.41) is 0. The first-order chi connectivity index (χ1) is 7.52. The fourth-order valence-electron chi connectivity index (χ4n) is 1.81. The monoisotopic (exact) mass is 286 g/mol. The topological polar surface area (TPSA) is 64.3 Å². The van der Waals surface area contributed by atoms with E-state index in [0.717, 1.165) is 16.8 Å². The van der Waals surface area contributed by atoms with Crippen molar-refractivity contribution >= 4 is 27.6 Å². The van der Waals surface area contributed by atoms with E-state index < -0.39 is 0 Å². The van der Waals surface area contributed by atoms with Crippen molar-refractivity contribution in [2.75, 3.05) is 30.4 Å². The number of nitrogens with zero attached hydrogens (tertiary/aromatic N) is 3. The molecule has 0 amide bonds. The van der Waals surface area contributed by atoms with Crippen molar-refractivity contribution in [2.45, 2.75) is 19.4 Å². The molecule has 2 heterocycles. The Morgan fingerprint density at radius 2 is 2.25 bits per heavy atom. The van der Waals surface area contributed by atoms with E-state index in [9.17, 15) is 0 Å². The summed E-state index contributed by atoms with van der Waals surface area (Å²) in [5.74, 6) is 1.30. The maximum Gasteiger partial charge on any atom is 0.149 e. The Morgan fingerprint density at radius 1 is 1.50 bits per heavy atom. The van der Waals surface area contributed by atoms with Crippen LogP contribution in [0, 0.1) is 0 Å². The number of aromatic nitrogens is 2. The van der Waals surface area contributed by atoms with Crippen LogP contribution in [0.25, 0.3) is 0 Å². The summed E-state index contributed by atoms with van der Waals surface area (Å²) in [5.41, 5.74) is 5.68. The first-order valence-corrected chi connectivity index (χ1v) is 5.93. The van der Waals surface area contributed by atoms with E-state index in [2.05, 4.69) is 44.6 Å². The zero-order valence-electron chi connectivity index (χ0n) is 9.40. The lowest BCUT2D eigenvalue weighted by atomic mass is 10.0. The third-order valence-corrected chi connectivity index (χ3v) is 3.46. The molecule has 2 N–H and O–H groups in total. The molecule has 0 atom stereocenters. The normalized spacial score (nSPS) is 19.8. The molecule has 0 radical (unpaired) electrons. The lowest BCUT2D eigenvalue weighted by Crippen LogP contribution is -2.53. The van der Waals surface area contributed by atoms with Gasteiger partial charge in [0, 0.05) is 6.54 Å². The van der Waals surface area contributed by atoms with E-state index in [1.807, 2.05) is 0 Å². The molecular formula is C10H15BrN4O. The van der Waals surface area contributed by atoms with Crippen LogP contribution in [0.15, 0.2) is 10.8 Å². The lowest BCUT2D eigenvalue weighted by molar-refractivity contribution is 0.0638. The fourth-order valence-corrected chi connectivity index (χ4v) is 2.23. The summed E-state index contributed by atoms with van der Waals surface area (Å²) < 4.78 is 6.23. The maximum atomic E-state index is 5.76. The number of halogens is 1. The van der Waals surface area contributed by atoms with Crippen LogP contribution in [-0.4, -0.2) is 35.3 Å². The van der Waals surface area contributed by atoms with Crippen LogP contribution >= 0.6 is 15.9 Å². The number of nitrogens with two attached hydrogens (primary N) is 1. The smallest absolute Gasteiger partial charge is 0.149 e. The molecular weight excluding hydrogens is 272 g/mol. The van der Waals surface area contributed by atoms with E-state index in [4.69, 9.17) is 10.5 Å². The summed E-state index contributed by atoms with van der Waals surface area (Å²) in [4.78, 5) is 10.4. The number of morpholine rings is 1. The van der Waals surface area contributed by atoms with Gasteiger partial charge in [0.15, 0.2) is 0 Å². The second kappa shape index (κ2) is 4.18. The average Bonchev–Trinajstić information content (AvgIpc) is 2.22. The van der Waals surface area contributed by atoms with E-state index >= 15 is 0 Å². The van der Waals surface area contributed by atoms with Gasteiger partial charge in [-0.25, -0.2) is 9.97 Å². The molecule has 5 nitrogen and oxygen atoms in total. The summed E-state index contributed by atoms with van der Waals surface area (Å²) in [6.07, 6.45) is 1.49. The average molecular weight is 287 g/mol. The highest BCUT2D eigenvalue weighted by Crippen LogP contribution is 2.33. The summed E-state index contributed by atoms with van der Waals surface area (Å²) >= 11 is 3.43. The maximum absolute atomic E-state index is 5.76. The number of nitrogen functional groups attached to an aromatic ring is 1. The van der Waals surface area contributed by atoms with Gasteiger partial charge >= 0.3 is 0 Å². The zero-order valence-corrected chi connectivity index (χ0v) is 11.0. The fraction of sp³-hybridized carbons (Fsp3) is 0.600. The molecule has 1 saturated heterocycles. The van der Waals surface area contributed by atoms with E-state index in [1.54, 1.807) is 0 Å². The summed E-state index contributed by atoms with van der Waals surface area (Å²) in [7, 11) is 0. The number of hydrogen-bond donors (Lipinski definition) is 1. The largest absolute Gasteiger partial charge is 0.383 e. The van der Waals surface area contributed by atoms with Crippen molar-refractivity contribution in [1.82, 2.24) is 9.97 Å². The molecule has 1 aliphatic rings. The van der Waals surface area contributed by atoms with Gasteiger partial charge in [0.1, 0.15) is 22.4 Å². The second-order valence-electron chi connectivity index (χ2n) is 4.41. The zero-order chi connectivity index (χ0) is 11.8. The molecule has 0 spiro atoms. The number of rotatable bonds is 1. The molecule has 1 aliphatic heterocycles. The second-order valence-corrected chi connectivity index (χ2v) is 5.21. The quantitative estimate of drug-likeness (QED) is 0.846. The highest BCUT2D eigenvalue weighted by atomic mass is 79.9. The molecule has 16 heavy (non-hydrogen) atoms.